The average molecular weight is 285 g/mol. The Hall–Kier alpha value is -1.33. The van der Waals surface area contributed by atoms with Crippen molar-refractivity contribution in [2.24, 2.45) is 0 Å². The van der Waals surface area contributed by atoms with Crippen LogP contribution in [0.25, 0.3) is 0 Å². The van der Waals surface area contributed by atoms with Crippen molar-refractivity contribution in [3.63, 3.8) is 0 Å². The molecule has 1 saturated heterocycles. The SMILES string of the molecule is O=C(O)c1cnc(N2CCCC2CCCO)c(Cl)c1. The number of aromatic carboxylic acids is 1. The molecule has 1 atom stereocenters. The first-order valence-electron chi connectivity index (χ1n) is 6.40. The molecule has 0 aromatic carbocycles. The maximum Gasteiger partial charge on any atom is 0.337 e. The zero-order chi connectivity index (χ0) is 13.8. The quantitative estimate of drug-likeness (QED) is 0.867. The maximum absolute atomic E-state index is 10.9. The van der Waals surface area contributed by atoms with E-state index in [9.17, 15) is 4.79 Å². The third kappa shape index (κ3) is 3.16. The van der Waals surface area contributed by atoms with Crippen molar-refractivity contribution in [2.75, 3.05) is 18.1 Å². The molecule has 1 fully saturated rings. The van der Waals surface area contributed by atoms with E-state index in [1.165, 1.54) is 12.3 Å². The highest BCUT2D eigenvalue weighted by Crippen LogP contribution is 2.32. The summed E-state index contributed by atoms with van der Waals surface area (Å²) in [6, 6.07) is 1.76. The molecule has 0 bridgehead atoms. The number of rotatable bonds is 5. The molecule has 0 aliphatic carbocycles. The fourth-order valence-corrected chi connectivity index (χ4v) is 2.78. The first kappa shape index (κ1) is 14.1. The number of nitrogens with zero attached hydrogens (tertiary/aromatic N) is 2. The van der Waals surface area contributed by atoms with Gasteiger partial charge in [-0.2, -0.15) is 0 Å². The Morgan fingerprint density at radius 2 is 2.37 bits per heavy atom. The van der Waals surface area contributed by atoms with Crippen LogP contribution < -0.4 is 4.90 Å². The van der Waals surface area contributed by atoms with Crippen molar-refractivity contribution in [3.8, 4) is 0 Å². The average Bonchev–Trinajstić information content (AvgIpc) is 2.84. The van der Waals surface area contributed by atoms with Crippen LogP contribution in [-0.2, 0) is 0 Å². The van der Waals surface area contributed by atoms with E-state index in [4.69, 9.17) is 21.8 Å². The van der Waals surface area contributed by atoms with Crippen LogP contribution in [0.2, 0.25) is 5.02 Å². The van der Waals surface area contributed by atoms with E-state index in [-0.39, 0.29) is 12.2 Å². The molecule has 6 heteroatoms. The van der Waals surface area contributed by atoms with Gasteiger partial charge in [0.2, 0.25) is 0 Å². The fraction of sp³-hybridized carbons (Fsp3) is 0.538. The summed E-state index contributed by atoms with van der Waals surface area (Å²) < 4.78 is 0. The number of hydrogen-bond acceptors (Lipinski definition) is 4. The molecule has 19 heavy (non-hydrogen) atoms. The van der Waals surface area contributed by atoms with Crippen LogP contribution in [-0.4, -0.2) is 40.4 Å². The van der Waals surface area contributed by atoms with Crippen molar-refractivity contribution >= 4 is 23.4 Å². The summed E-state index contributed by atoms with van der Waals surface area (Å²) in [5, 5.41) is 18.2. The number of pyridine rings is 1. The summed E-state index contributed by atoms with van der Waals surface area (Å²) in [7, 11) is 0. The largest absolute Gasteiger partial charge is 0.478 e. The molecule has 1 aliphatic heterocycles. The minimum Gasteiger partial charge on any atom is -0.478 e. The van der Waals surface area contributed by atoms with Gasteiger partial charge in [-0.1, -0.05) is 11.6 Å². The van der Waals surface area contributed by atoms with Gasteiger partial charge >= 0.3 is 5.97 Å². The highest BCUT2D eigenvalue weighted by atomic mass is 35.5. The Kier molecular flexibility index (Phi) is 4.61. The molecule has 104 valence electrons. The second kappa shape index (κ2) is 6.21. The Morgan fingerprint density at radius 1 is 1.58 bits per heavy atom. The molecule has 2 N–H and O–H groups in total. The summed E-state index contributed by atoms with van der Waals surface area (Å²) in [4.78, 5) is 17.2. The van der Waals surface area contributed by atoms with Crippen LogP contribution in [0.5, 0.6) is 0 Å². The van der Waals surface area contributed by atoms with E-state index in [2.05, 4.69) is 9.88 Å². The van der Waals surface area contributed by atoms with Gasteiger partial charge < -0.3 is 15.1 Å². The fourth-order valence-electron chi connectivity index (χ4n) is 2.50. The number of hydrogen-bond donors (Lipinski definition) is 2. The minimum atomic E-state index is -1.03. The number of carbonyl (C=O) groups is 1. The molecule has 1 aromatic rings. The molecule has 2 heterocycles. The number of aromatic nitrogens is 1. The van der Waals surface area contributed by atoms with Gasteiger partial charge in [0, 0.05) is 25.4 Å². The van der Waals surface area contributed by atoms with Gasteiger partial charge in [0.05, 0.1) is 10.6 Å². The van der Waals surface area contributed by atoms with Crippen LogP contribution in [0, 0.1) is 0 Å². The minimum absolute atomic E-state index is 0.0971. The van der Waals surface area contributed by atoms with Gasteiger partial charge in [0.15, 0.2) is 0 Å². The number of carboxylic acid groups (broad SMARTS) is 1. The molecule has 1 aromatic heterocycles. The first-order chi connectivity index (χ1) is 9.13. The number of halogens is 1. The van der Waals surface area contributed by atoms with Crippen molar-refractivity contribution < 1.29 is 15.0 Å². The lowest BCUT2D eigenvalue weighted by Gasteiger charge is -2.26. The Balaban J connectivity index is 2.18. The van der Waals surface area contributed by atoms with E-state index in [1.54, 1.807) is 0 Å². The second-order valence-electron chi connectivity index (χ2n) is 4.69. The van der Waals surface area contributed by atoms with Crippen LogP contribution in [0.4, 0.5) is 5.82 Å². The number of aliphatic hydroxyl groups is 1. The highest BCUT2D eigenvalue weighted by molar-refractivity contribution is 6.33. The molecular weight excluding hydrogens is 268 g/mol. The van der Waals surface area contributed by atoms with Crippen LogP contribution in [0.1, 0.15) is 36.0 Å². The molecule has 5 nitrogen and oxygen atoms in total. The molecule has 2 rings (SSSR count). The van der Waals surface area contributed by atoms with Gasteiger partial charge in [0.25, 0.3) is 0 Å². The van der Waals surface area contributed by atoms with Crippen LogP contribution in [0.3, 0.4) is 0 Å². The van der Waals surface area contributed by atoms with E-state index < -0.39 is 5.97 Å². The Labute approximate surface area is 116 Å². The lowest BCUT2D eigenvalue weighted by atomic mass is 10.1. The molecular formula is C13H17ClN2O3. The zero-order valence-electron chi connectivity index (χ0n) is 10.5. The van der Waals surface area contributed by atoms with E-state index >= 15 is 0 Å². The Morgan fingerprint density at radius 3 is 3.00 bits per heavy atom. The number of carboxylic acids is 1. The summed E-state index contributed by atoms with van der Waals surface area (Å²) in [5.74, 6) is -0.383. The summed E-state index contributed by atoms with van der Waals surface area (Å²) in [5.41, 5.74) is 0.0971. The van der Waals surface area contributed by atoms with Crippen molar-refractivity contribution in [1.82, 2.24) is 4.98 Å². The summed E-state index contributed by atoms with van der Waals surface area (Å²) in [6.45, 7) is 1.05. The molecule has 0 radical (unpaired) electrons. The molecule has 0 saturated carbocycles. The molecule has 1 aliphatic rings. The third-order valence-electron chi connectivity index (χ3n) is 3.41. The van der Waals surface area contributed by atoms with Crippen molar-refractivity contribution in [3.05, 3.63) is 22.8 Å². The van der Waals surface area contributed by atoms with Gasteiger partial charge in [-0.15, -0.1) is 0 Å². The standard InChI is InChI=1S/C13H17ClN2O3/c14-11-7-9(13(18)19)8-15-12(11)16-5-1-3-10(16)4-2-6-17/h7-8,10,17H,1-6H2,(H,18,19). The zero-order valence-corrected chi connectivity index (χ0v) is 11.3. The van der Waals surface area contributed by atoms with E-state index in [0.717, 1.165) is 32.2 Å². The number of anilines is 1. The molecule has 0 spiro atoms. The smallest absolute Gasteiger partial charge is 0.337 e. The van der Waals surface area contributed by atoms with Crippen molar-refractivity contribution in [1.29, 1.82) is 0 Å². The predicted octanol–water partition coefficient (Wildman–Crippen LogP) is 2.17. The lowest BCUT2D eigenvalue weighted by Crippen LogP contribution is -2.30. The van der Waals surface area contributed by atoms with E-state index in [1.807, 2.05) is 0 Å². The van der Waals surface area contributed by atoms with Gasteiger partial charge in [-0.25, -0.2) is 9.78 Å². The molecule has 1 unspecified atom stereocenters. The highest BCUT2D eigenvalue weighted by Gasteiger charge is 2.27. The second-order valence-corrected chi connectivity index (χ2v) is 5.10. The van der Waals surface area contributed by atoms with Crippen molar-refractivity contribution in [2.45, 2.75) is 31.7 Å². The topological polar surface area (TPSA) is 73.7 Å². The molecule has 0 amide bonds. The third-order valence-corrected chi connectivity index (χ3v) is 3.69. The summed E-state index contributed by atoms with van der Waals surface area (Å²) in [6.07, 6.45) is 5.11. The van der Waals surface area contributed by atoms with E-state index in [0.29, 0.717) is 16.9 Å². The predicted molar refractivity (Wildman–Crippen MR) is 72.9 cm³/mol. The lowest BCUT2D eigenvalue weighted by molar-refractivity contribution is 0.0696. The van der Waals surface area contributed by atoms with Crippen LogP contribution >= 0.6 is 11.6 Å². The van der Waals surface area contributed by atoms with Gasteiger partial charge in [-0.3, -0.25) is 0 Å². The van der Waals surface area contributed by atoms with Gasteiger partial charge in [-0.05, 0) is 31.7 Å². The summed E-state index contributed by atoms with van der Waals surface area (Å²) >= 11 is 6.14. The Bertz CT molecular complexity index is 467. The maximum atomic E-state index is 10.9. The monoisotopic (exact) mass is 284 g/mol. The number of aliphatic hydroxyl groups excluding tert-OH is 1. The van der Waals surface area contributed by atoms with Crippen LogP contribution in [0.15, 0.2) is 12.3 Å². The normalized spacial score (nSPS) is 18.8. The van der Waals surface area contributed by atoms with Gasteiger partial charge in [0.1, 0.15) is 5.82 Å². The first-order valence-corrected chi connectivity index (χ1v) is 6.77.